The maximum atomic E-state index is 12.1. The first-order valence-corrected chi connectivity index (χ1v) is 6.32. The molecule has 0 unspecified atom stereocenters. The van der Waals surface area contributed by atoms with Crippen LogP contribution in [-0.2, 0) is 4.79 Å². The summed E-state index contributed by atoms with van der Waals surface area (Å²) >= 11 is 0. The summed E-state index contributed by atoms with van der Waals surface area (Å²) in [5.74, 6) is -1.11. The average molecular weight is 259 g/mol. The van der Waals surface area contributed by atoms with Gasteiger partial charge in [-0.2, -0.15) is 0 Å². The Labute approximate surface area is 112 Å². The van der Waals surface area contributed by atoms with Crippen LogP contribution in [0.4, 0.5) is 0 Å². The predicted octanol–water partition coefficient (Wildman–Crippen LogP) is 2.46. The van der Waals surface area contributed by atoms with Crippen molar-refractivity contribution < 1.29 is 14.7 Å². The van der Waals surface area contributed by atoms with Crippen molar-refractivity contribution in [1.29, 1.82) is 0 Å². The minimum atomic E-state index is -1.00. The molecule has 1 aliphatic rings. The third-order valence-electron chi connectivity index (χ3n) is 3.44. The van der Waals surface area contributed by atoms with Gasteiger partial charge in [-0.05, 0) is 50.0 Å². The van der Waals surface area contributed by atoms with Gasteiger partial charge in [0.2, 0.25) is 0 Å². The van der Waals surface area contributed by atoms with Crippen molar-refractivity contribution in [2.75, 3.05) is 0 Å². The fourth-order valence-electron chi connectivity index (χ4n) is 2.13. The van der Waals surface area contributed by atoms with Gasteiger partial charge in [-0.3, -0.25) is 4.79 Å². The zero-order valence-corrected chi connectivity index (χ0v) is 10.8. The maximum absolute atomic E-state index is 12.1. The van der Waals surface area contributed by atoms with Crippen LogP contribution in [0, 0.1) is 0 Å². The van der Waals surface area contributed by atoms with E-state index < -0.39 is 5.97 Å². The number of amides is 1. The van der Waals surface area contributed by atoms with Gasteiger partial charge in [-0.25, -0.2) is 4.79 Å². The van der Waals surface area contributed by atoms with E-state index >= 15 is 0 Å². The number of rotatable bonds is 4. The molecular weight excluding hydrogens is 242 g/mol. The van der Waals surface area contributed by atoms with Crippen LogP contribution in [0.15, 0.2) is 30.3 Å². The molecule has 0 atom stereocenters. The minimum absolute atomic E-state index is 0.0794. The number of hydrogen-bond donors (Lipinski definition) is 2. The van der Waals surface area contributed by atoms with Crippen molar-refractivity contribution in [3.63, 3.8) is 0 Å². The smallest absolute Gasteiger partial charge is 0.328 e. The van der Waals surface area contributed by atoms with Gasteiger partial charge in [0.05, 0.1) is 0 Å². The van der Waals surface area contributed by atoms with E-state index in [2.05, 4.69) is 5.32 Å². The molecule has 0 radical (unpaired) electrons. The van der Waals surface area contributed by atoms with E-state index in [1.165, 1.54) is 6.08 Å². The Kier molecular flexibility index (Phi) is 3.69. The van der Waals surface area contributed by atoms with Crippen LogP contribution in [0.25, 0.3) is 6.08 Å². The minimum Gasteiger partial charge on any atom is -0.478 e. The molecule has 0 aliphatic heterocycles. The van der Waals surface area contributed by atoms with E-state index in [1.54, 1.807) is 24.3 Å². The Morgan fingerprint density at radius 3 is 2.68 bits per heavy atom. The molecule has 0 aromatic heterocycles. The van der Waals surface area contributed by atoms with E-state index in [0.717, 1.165) is 25.3 Å². The highest BCUT2D eigenvalue weighted by Crippen LogP contribution is 2.31. The van der Waals surface area contributed by atoms with Gasteiger partial charge in [0.15, 0.2) is 0 Å². The molecule has 19 heavy (non-hydrogen) atoms. The number of nitrogens with one attached hydrogen (secondary N) is 1. The molecule has 1 saturated carbocycles. The van der Waals surface area contributed by atoms with Crippen LogP contribution in [0.5, 0.6) is 0 Å². The number of carboxylic acid groups (broad SMARTS) is 1. The Balaban J connectivity index is 2.09. The Morgan fingerprint density at radius 2 is 2.11 bits per heavy atom. The number of carbonyl (C=O) groups excluding carboxylic acids is 1. The van der Waals surface area contributed by atoms with E-state index in [1.807, 2.05) is 6.92 Å². The molecule has 0 spiro atoms. The zero-order valence-electron chi connectivity index (χ0n) is 10.8. The second-order valence-electron chi connectivity index (χ2n) is 5.17. The molecule has 100 valence electrons. The van der Waals surface area contributed by atoms with E-state index in [-0.39, 0.29) is 11.4 Å². The number of carbonyl (C=O) groups is 2. The summed E-state index contributed by atoms with van der Waals surface area (Å²) in [6, 6.07) is 6.94. The molecule has 1 aromatic carbocycles. The summed E-state index contributed by atoms with van der Waals surface area (Å²) < 4.78 is 0. The molecule has 4 nitrogen and oxygen atoms in total. The van der Waals surface area contributed by atoms with Crippen LogP contribution in [-0.4, -0.2) is 22.5 Å². The van der Waals surface area contributed by atoms with Crippen molar-refractivity contribution in [2.24, 2.45) is 0 Å². The zero-order chi connectivity index (χ0) is 13.9. The van der Waals surface area contributed by atoms with Crippen LogP contribution in [0.3, 0.4) is 0 Å². The summed E-state index contributed by atoms with van der Waals surface area (Å²) in [4.78, 5) is 22.6. The molecule has 0 bridgehead atoms. The van der Waals surface area contributed by atoms with Gasteiger partial charge in [-0.15, -0.1) is 0 Å². The molecule has 0 saturated heterocycles. The highest BCUT2D eigenvalue weighted by atomic mass is 16.4. The topological polar surface area (TPSA) is 66.4 Å². The van der Waals surface area contributed by atoms with Crippen molar-refractivity contribution in [3.05, 3.63) is 41.5 Å². The lowest BCUT2D eigenvalue weighted by atomic mass is 9.78. The molecule has 1 fully saturated rings. The highest BCUT2D eigenvalue weighted by Gasteiger charge is 2.33. The highest BCUT2D eigenvalue weighted by molar-refractivity contribution is 5.95. The van der Waals surface area contributed by atoms with E-state index in [9.17, 15) is 9.59 Å². The average Bonchev–Trinajstić information content (AvgIpc) is 2.35. The van der Waals surface area contributed by atoms with Crippen molar-refractivity contribution >= 4 is 18.0 Å². The normalized spacial score (nSPS) is 16.9. The summed E-state index contributed by atoms with van der Waals surface area (Å²) in [5.41, 5.74) is 1.18. The lowest BCUT2D eigenvalue weighted by Gasteiger charge is -2.39. The monoisotopic (exact) mass is 259 g/mol. The second kappa shape index (κ2) is 5.26. The van der Waals surface area contributed by atoms with Crippen molar-refractivity contribution in [3.8, 4) is 0 Å². The van der Waals surface area contributed by atoms with Gasteiger partial charge in [0.1, 0.15) is 0 Å². The fraction of sp³-hybridized carbons (Fsp3) is 0.333. The SMILES string of the molecule is CC1(NC(=O)c2cccc(/C=C/C(=O)O)c2)CCC1. The first kappa shape index (κ1) is 13.3. The fourth-order valence-corrected chi connectivity index (χ4v) is 2.13. The largest absolute Gasteiger partial charge is 0.478 e. The lowest BCUT2D eigenvalue weighted by molar-refractivity contribution is -0.131. The summed E-state index contributed by atoms with van der Waals surface area (Å²) in [6.45, 7) is 2.04. The standard InChI is InChI=1S/C15H17NO3/c1-15(8-3-9-15)16-14(19)12-5-2-4-11(10-12)6-7-13(17)18/h2,4-7,10H,3,8-9H2,1H3,(H,16,19)(H,17,18)/b7-6+. The first-order chi connectivity index (χ1) is 8.98. The summed E-state index contributed by atoms with van der Waals surface area (Å²) in [5, 5.41) is 11.6. The molecule has 4 heteroatoms. The lowest BCUT2D eigenvalue weighted by Crippen LogP contribution is -2.50. The van der Waals surface area contributed by atoms with E-state index in [4.69, 9.17) is 5.11 Å². The Bertz CT molecular complexity index is 530. The third kappa shape index (κ3) is 3.44. The van der Waals surface area contributed by atoms with E-state index in [0.29, 0.717) is 11.1 Å². The molecule has 1 amide bonds. The van der Waals surface area contributed by atoms with Gasteiger partial charge in [0, 0.05) is 17.2 Å². The second-order valence-corrected chi connectivity index (χ2v) is 5.17. The maximum Gasteiger partial charge on any atom is 0.328 e. The Hall–Kier alpha value is -2.10. The van der Waals surface area contributed by atoms with Gasteiger partial charge in [-0.1, -0.05) is 12.1 Å². The van der Waals surface area contributed by atoms with Gasteiger partial charge >= 0.3 is 5.97 Å². The van der Waals surface area contributed by atoms with Crippen LogP contribution < -0.4 is 5.32 Å². The van der Waals surface area contributed by atoms with Gasteiger partial charge in [0.25, 0.3) is 5.91 Å². The Morgan fingerprint density at radius 1 is 1.37 bits per heavy atom. The molecule has 1 aromatic rings. The molecule has 2 rings (SSSR count). The summed E-state index contributed by atoms with van der Waals surface area (Å²) in [7, 11) is 0. The molecule has 1 aliphatic carbocycles. The number of aliphatic carboxylic acids is 1. The van der Waals surface area contributed by atoms with Crippen molar-refractivity contribution in [1.82, 2.24) is 5.32 Å². The summed E-state index contributed by atoms with van der Waals surface area (Å²) in [6.07, 6.45) is 5.71. The number of benzene rings is 1. The first-order valence-electron chi connectivity index (χ1n) is 6.32. The van der Waals surface area contributed by atoms with Crippen LogP contribution >= 0.6 is 0 Å². The van der Waals surface area contributed by atoms with Crippen molar-refractivity contribution in [2.45, 2.75) is 31.7 Å². The van der Waals surface area contributed by atoms with Crippen LogP contribution in [0.2, 0.25) is 0 Å². The van der Waals surface area contributed by atoms with Crippen LogP contribution in [0.1, 0.15) is 42.1 Å². The quantitative estimate of drug-likeness (QED) is 0.816. The van der Waals surface area contributed by atoms with Gasteiger partial charge < -0.3 is 10.4 Å². The number of carboxylic acids is 1. The third-order valence-corrected chi connectivity index (χ3v) is 3.44. The predicted molar refractivity (Wildman–Crippen MR) is 72.8 cm³/mol. The molecular formula is C15H17NO3. The molecule has 2 N–H and O–H groups in total. The number of hydrogen-bond acceptors (Lipinski definition) is 2. The molecule has 0 heterocycles.